The van der Waals surface area contributed by atoms with Gasteiger partial charge in [-0.15, -0.1) is 0 Å². The predicted molar refractivity (Wildman–Crippen MR) is 98.2 cm³/mol. The molecule has 2 aromatic carbocycles. The van der Waals surface area contributed by atoms with Crippen molar-refractivity contribution in [2.24, 2.45) is 0 Å². The van der Waals surface area contributed by atoms with Crippen molar-refractivity contribution in [3.8, 4) is 0 Å². The van der Waals surface area contributed by atoms with E-state index in [2.05, 4.69) is 43.5 Å². The fourth-order valence-electron chi connectivity index (χ4n) is 2.63. The molecule has 0 radical (unpaired) electrons. The second-order valence-electron chi connectivity index (χ2n) is 6.23. The molecule has 23 heavy (non-hydrogen) atoms. The molecule has 0 spiro atoms. The van der Waals surface area contributed by atoms with E-state index in [1.54, 1.807) is 0 Å². The smallest absolute Gasteiger partial charge is 0.226 e. The number of hydrogen-bond acceptors (Lipinski definition) is 2. The van der Waals surface area contributed by atoms with Gasteiger partial charge in [0.1, 0.15) is 0 Å². The highest BCUT2D eigenvalue weighted by molar-refractivity contribution is 5.92. The lowest BCUT2D eigenvalue weighted by Crippen LogP contribution is -2.18. The van der Waals surface area contributed by atoms with Crippen LogP contribution in [0.1, 0.15) is 42.9 Å². The minimum absolute atomic E-state index is 0.0438. The molecule has 0 bridgehead atoms. The Kier molecular flexibility index (Phi) is 5.80. The van der Waals surface area contributed by atoms with Gasteiger partial charge < -0.3 is 10.6 Å². The molecule has 0 saturated carbocycles. The standard InChI is InChI=1S/C20H26N2O/c1-14(2)17-10-7-9-16(4)20(17)22-19(23)12-13-21-18-11-6-5-8-15(18)3/h5-11,14,21H,12-13H2,1-4H3,(H,22,23). The Balaban J connectivity index is 1.94. The first-order valence-electron chi connectivity index (χ1n) is 8.18. The van der Waals surface area contributed by atoms with Gasteiger partial charge in [0, 0.05) is 24.3 Å². The summed E-state index contributed by atoms with van der Waals surface area (Å²) in [5, 5.41) is 6.40. The summed E-state index contributed by atoms with van der Waals surface area (Å²) in [4.78, 5) is 12.3. The molecule has 0 fully saturated rings. The number of nitrogens with one attached hydrogen (secondary N) is 2. The average Bonchev–Trinajstić information content (AvgIpc) is 2.51. The third-order valence-electron chi connectivity index (χ3n) is 4.00. The van der Waals surface area contributed by atoms with Crippen molar-refractivity contribution in [3.05, 3.63) is 59.2 Å². The van der Waals surface area contributed by atoms with Gasteiger partial charge in [-0.1, -0.05) is 50.2 Å². The highest BCUT2D eigenvalue weighted by Gasteiger charge is 2.11. The quantitative estimate of drug-likeness (QED) is 0.799. The summed E-state index contributed by atoms with van der Waals surface area (Å²) < 4.78 is 0. The van der Waals surface area contributed by atoms with Crippen molar-refractivity contribution in [1.82, 2.24) is 0 Å². The zero-order chi connectivity index (χ0) is 16.8. The van der Waals surface area contributed by atoms with Gasteiger partial charge in [0.25, 0.3) is 0 Å². The largest absolute Gasteiger partial charge is 0.384 e. The van der Waals surface area contributed by atoms with Crippen molar-refractivity contribution in [2.75, 3.05) is 17.2 Å². The third kappa shape index (κ3) is 4.59. The molecule has 3 nitrogen and oxygen atoms in total. The molecule has 2 aromatic rings. The minimum atomic E-state index is 0.0438. The molecule has 0 saturated heterocycles. The monoisotopic (exact) mass is 310 g/mol. The van der Waals surface area contributed by atoms with Crippen molar-refractivity contribution in [3.63, 3.8) is 0 Å². The van der Waals surface area contributed by atoms with Crippen LogP contribution in [-0.2, 0) is 4.79 Å². The van der Waals surface area contributed by atoms with Crippen molar-refractivity contribution in [2.45, 2.75) is 40.0 Å². The zero-order valence-electron chi connectivity index (χ0n) is 14.4. The van der Waals surface area contributed by atoms with Crippen LogP contribution in [0.4, 0.5) is 11.4 Å². The van der Waals surface area contributed by atoms with E-state index in [4.69, 9.17) is 0 Å². The Morgan fingerprint density at radius 2 is 1.70 bits per heavy atom. The van der Waals surface area contributed by atoms with Crippen LogP contribution in [-0.4, -0.2) is 12.5 Å². The molecule has 0 unspecified atom stereocenters. The van der Waals surface area contributed by atoms with Crippen LogP contribution in [0.3, 0.4) is 0 Å². The van der Waals surface area contributed by atoms with Gasteiger partial charge in [-0.05, 0) is 42.5 Å². The highest BCUT2D eigenvalue weighted by atomic mass is 16.1. The normalized spacial score (nSPS) is 10.7. The number of hydrogen-bond donors (Lipinski definition) is 2. The molecule has 0 aliphatic carbocycles. The van der Waals surface area contributed by atoms with Crippen LogP contribution in [0, 0.1) is 13.8 Å². The van der Waals surface area contributed by atoms with E-state index < -0.39 is 0 Å². The molecule has 0 aliphatic heterocycles. The Hall–Kier alpha value is -2.29. The van der Waals surface area contributed by atoms with Gasteiger partial charge in [0.05, 0.1) is 0 Å². The average molecular weight is 310 g/mol. The number of amides is 1. The van der Waals surface area contributed by atoms with Gasteiger partial charge in [0.15, 0.2) is 0 Å². The molecule has 3 heteroatoms. The molecule has 1 amide bonds. The van der Waals surface area contributed by atoms with Gasteiger partial charge in [0.2, 0.25) is 5.91 Å². The SMILES string of the molecule is Cc1ccccc1NCCC(=O)Nc1c(C)cccc1C(C)C. The van der Waals surface area contributed by atoms with Crippen LogP contribution in [0.2, 0.25) is 0 Å². The predicted octanol–water partition coefficient (Wildman–Crippen LogP) is 4.87. The molecule has 2 N–H and O–H groups in total. The van der Waals surface area contributed by atoms with E-state index in [1.165, 1.54) is 11.1 Å². The second-order valence-corrected chi connectivity index (χ2v) is 6.23. The zero-order valence-corrected chi connectivity index (χ0v) is 14.4. The number of carbonyl (C=O) groups is 1. The summed E-state index contributed by atoms with van der Waals surface area (Å²) in [7, 11) is 0. The van der Waals surface area contributed by atoms with Gasteiger partial charge in [-0.3, -0.25) is 4.79 Å². The Morgan fingerprint density at radius 1 is 1.00 bits per heavy atom. The molecular weight excluding hydrogens is 284 g/mol. The Bertz CT molecular complexity index is 677. The number of aryl methyl sites for hydroxylation is 2. The van der Waals surface area contributed by atoms with Crippen molar-refractivity contribution in [1.29, 1.82) is 0 Å². The Morgan fingerprint density at radius 3 is 2.39 bits per heavy atom. The lowest BCUT2D eigenvalue weighted by molar-refractivity contribution is -0.115. The summed E-state index contributed by atoms with van der Waals surface area (Å²) >= 11 is 0. The first kappa shape index (κ1) is 17.1. The maximum Gasteiger partial charge on any atom is 0.226 e. The number of benzene rings is 2. The maximum absolute atomic E-state index is 12.3. The summed E-state index contributed by atoms with van der Waals surface area (Å²) in [5.74, 6) is 0.428. The van der Waals surface area contributed by atoms with E-state index >= 15 is 0 Å². The van der Waals surface area contributed by atoms with Gasteiger partial charge >= 0.3 is 0 Å². The summed E-state index contributed by atoms with van der Waals surface area (Å²) in [5.41, 5.74) is 5.53. The second kappa shape index (κ2) is 7.82. The molecule has 0 aliphatic rings. The molecule has 0 atom stereocenters. The number of carbonyl (C=O) groups excluding carboxylic acids is 1. The first-order chi connectivity index (χ1) is 11.0. The highest BCUT2D eigenvalue weighted by Crippen LogP contribution is 2.27. The van der Waals surface area contributed by atoms with Gasteiger partial charge in [-0.25, -0.2) is 0 Å². The van der Waals surface area contributed by atoms with E-state index in [-0.39, 0.29) is 5.91 Å². The van der Waals surface area contributed by atoms with E-state index in [1.807, 2.05) is 37.3 Å². The van der Waals surface area contributed by atoms with Crippen LogP contribution in [0.25, 0.3) is 0 Å². The molecule has 0 heterocycles. The topological polar surface area (TPSA) is 41.1 Å². The molecule has 122 valence electrons. The molecule has 2 rings (SSSR count). The van der Waals surface area contributed by atoms with Crippen LogP contribution in [0.15, 0.2) is 42.5 Å². The molecular formula is C20H26N2O. The molecule has 0 aromatic heterocycles. The third-order valence-corrected chi connectivity index (χ3v) is 4.00. The Labute approximate surface area is 139 Å². The lowest BCUT2D eigenvalue weighted by atomic mass is 9.98. The summed E-state index contributed by atoms with van der Waals surface area (Å²) in [6.07, 6.45) is 0.445. The van der Waals surface area contributed by atoms with Crippen LogP contribution in [0.5, 0.6) is 0 Å². The van der Waals surface area contributed by atoms with E-state index in [0.29, 0.717) is 18.9 Å². The number of anilines is 2. The van der Waals surface area contributed by atoms with Crippen LogP contribution < -0.4 is 10.6 Å². The van der Waals surface area contributed by atoms with E-state index in [9.17, 15) is 4.79 Å². The van der Waals surface area contributed by atoms with Gasteiger partial charge in [-0.2, -0.15) is 0 Å². The fraction of sp³-hybridized carbons (Fsp3) is 0.350. The summed E-state index contributed by atoms with van der Waals surface area (Å²) in [6, 6.07) is 14.3. The minimum Gasteiger partial charge on any atom is -0.384 e. The van der Waals surface area contributed by atoms with Crippen molar-refractivity contribution >= 4 is 17.3 Å². The van der Waals surface area contributed by atoms with Crippen molar-refractivity contribution < 1.29 is 4.79 Å². The first-order valence-corrected chi connectivity index (χ1v) is 8.18. The summed E-state index contributed by atoms with van der Waals surface area (Å²) in [6.45, 7) is 9.01. The number of rotatable bonds is 6. The van der Waals surface area contributed by atoms with Crippen LogP contribution >= 0.6 is 0 Å². The maximum atomic E-state index is 12.3. The number of para-hydroxylation sites is 2. The fourth-order valence-corrected chi connectivity index (χ4v) is 2.63. The lowest BCUT2D eigenvalue weighted by Gasteiger charge is -2.16. The van der Waals surface area contributed by atoms with E-state index in [0.717, 1.165) is 16.9 Å².